The van der Waals surface area contributed by atoms with Crippen LogP contribution in [0.4, 0.5) is 5.69 Å². The molecule has 0 aliphatic carbocycles. The molecule has 0 aliphatic rings. The van der Waals surface area contributed by atoms with E-state index in [1.807, 2.05) is 6.92 Å². The summed E-state index contributed by atoms with van der Waals surface area (Å²) in [5.74, 6) is -0.689. The van der Waals surface area contributed by atoms with Gasteiger partial charge in [-0.05, 0) is 59.3 Å². The van der Waals surface area contributed by atoms with Crippen LogP contribution in [0, 0.1) is 10.1 Å². The molecule has 0 aliphatic heterocycles. The number of amides is 2. The zero-order valence-corrected chi connectivity index (χ0v) is 16.9. The van der Waals surface area contributed by atoms with Crippen molar-refractivity contribution in [1.29, 1.82) is 0 Å². The van der Waals surface area contributed by atoms with E-state index in [1.165, 1.54) is 24.3 Å². The third kappa shape index (κ3) is 5.47. The fourth-order valence-electron chi connectivity index (χ4n) is 2.13. The van der Waals surface area contributed by atoms with E-state index in [-0.39, 0.29) is 16.4 Å². The Bertz CT molecular complexity index is 938. The zero-order chi connectivity index (χ0) is 20.7. The predicted molar refractivity (Wildman–Crippen MR) is 109 cm³/mol. The second kappa shape index (κ2) is 9.76. The summed E-state index contributed by atoms with van der Waals surface area (Å²) in [5.41, 5.74) is 4.35. The van der Waals surface area contributed by atoms with Crippen molar-refractivity contribution in [2.45, 2.75) is 6.92 Å². The Morgan fingerprint density at radius 1 is 1.18 bits per heavy atom. The molecular formula is C17H15BrN4O5S. The molecule has 0 atom stereocenters. The minimum Gasteiger partial charge on any atom is -0.493 e. The second-order valence-electron chi connectivity index (χ2n) is 5.21. The van der Waals surface area contributed by atoms with Crippen LogP contribution < -0.4 is 20.9 Å². The first-order chi connectivity index (χ1) is 13.3. The molecule has 3 N–H and O–H groups in total. The highest BCUT2D eigenvalue weighted by Gasteiger charge is 2.19. The highest BCUT2D eigenvalue weighted by atomic mass is 79.9. The first-order valence-corrected chi connectivity index (χ1v) is 9.11. The van der Waals surface area contributed by atoms with Gasteiger partial charge in [0.1, 0.15) is 11.3 Å². The molecule has 28 heavy (non-hydrogen) atoms. The molecule has 0 saturated carbocycles. The maximum Gasteiger partial charge on any atom is 0.282 e. The minimum absolute atomic E-state index is 0.149. The van der Waals surface area contributed by atoms with Crippen molar-refractivity contribution in [3.63, 3.8) is 0 Å². The van der Waals surface area contributed by atoms with E-state index in [2.05, 4.69) is 32.1 Å². The van der Waals surface area contributed by atoms with Crippen LogP contribution in [-0.4, -0.2) is 28.5 Å². The van der Waals surface area contributed by atoms with Crippen molar-refractivity contribution in [3.8, 4) is 5.75 Å². The number of thiocarbonyl (C=S) groups is 1. The number of halogens is 1. The summed E-state index contributed by atoms with van der Waals surface area (Å²) in [6, 6.07) is 10.2. The minimum atomic E-state index is -0.771. The molecule has 0 fully saturated rings. The van der Waals surface area contributed by atoms with Crippen LogP contribution in [0.3, 0.4) is 0 Å². The summed E-state index contributed by atoms with van der Waals surface area (Å²) in [5, 5.41) is 13.2. The molecule has 0 radical (unpaired) electrons. The maximum absolute atomic E-state index is 12.2. The smallest absolute Gasteiger partial charge is 0.282 e. The number of carbonyl (C=O) groups excluding carboxylic acids is 2. The molecule has 0 unspecified atom stereocenters. The van der Waals surface area contributed by atoms with Crippen molar-refractivity contribution < 1.29 is 19.2 Å². The topological polar surface area (TPSA) is 123 Å². The van der Waals surface area contributed by atoms with Gasteiger partial charge in [0.15, 0.2) is 5.11 Å². The van der Waals surface area contributed by atoms with Gasteiger partial charge in [-0.2, -0.15) is 0 Å². The van der Waals surface area contributed by atoms with Crippen LogP contribution in [0.15, 0.2) is 46.9 Å². The molecule has 0 heterocycles. The Labute approximate surface area is 173 Å². The number of rotatable bonds is 5. The first kappa shape index (κ1) is 21.3. The van der Waals surface area contributed by atoms with Gasteiger partial charge in [-0.3, -0.25) is 35.9 Å². The Hall–Kier alpha value is -3.05. The average molecular weight is 467 g/mol. The van der Waals surface area contributed by atoms with E-state index < -0.39 is 16.7 Å². The van der Waals surface area contributed by atoms with Gasteiger partial charge in [0.25, 0.3) is 17.5 Å². The third-order valence-electron chi connectivity index (χ3n) is 3.36. The summed E-state index contributed by atoms with van der Waals surface area (Å²) in [7, 11) is 0. The quantitative estimate of drug-likeness (QED) is 0.351. The molecule has 2 rings (SSSR count). The molecule has 0 aromatic heterocycles. The van der Waals surface area contributed by atoms with Crippen molar-refractivity contribution in [1.82, 2.24) is 16.2 Å². The number of carbonyl (C=O) groups is 2. The van der Waals surface area contributed by atoms with Gasteiger partial charge in [0.2, 0.25) is 0 Å². The summed E-state index contributed by atoms with van der Waals surface area (Å²) < 4.78 is 5.98. The molecule has 9 nitrogen and oxygen atoms in total. The van der Waals surface area contributed by atoms with E-state index in [0.717, 1.165) is 0 Å². The van der Waals surface area contributed by atoms with Crippen LogP contribution in [0.2, 0.25) is 0 Å². The fraction of sp³-hybridized carbons (Fsp3) is 0.118. The standard InChI is InChI=1S/C17H15BrN4O5S/c1-2-27-14-8-7-10(9-12(14)18)15(23)19-17(28)21-20-16(24)11-5-3-4-6-13(11)22(25)26/h3-9H,2H2,1H3,(H,20,24)(H2,19,21,23,28). The Balaban J connectivity index is 1.95. The van der Waals surface area contributed by atoms with Crippen molar-refractivity contribution in [2.24, 2.45) is 0 Å². The summed E-state index contributed by atoms with van der Waals surface area (Å²) in [6.07, 6.45) is 0. The van der Waals surface area contributed by atoms with Crippen LogP contribution in [0.1, 0.15) is 27.6 Å². The molecule has 146 valence electrons. The van der Waals surface area contributed by atoms with Crippen molar-refractivity contribution in [3.05, 3.63) is 68.2 Å². The number of benzene rings is 2. The molecule has 2 amide bonds. The van der Waals surface area contributed by atoms with Gasteiger partial charge in [0.05, 0.1) is 16.0 Å². The monoisotopic (exact) mass is 466 g/mol. The van der Waals surface area contributed by atoms with E-state index in [4.69, 9.17) is 17.0 Å². The molecule has 11 heteroatoms. The van der Waals surface area contributed by atoms with Crippen LogP contribution >= 0.6 is 28.1 Å². The van der Waals surface area contributed by atoms with Crippen LogP contribution in [0.25, 0.3) is 0 Å². The highest BCUT2D eigenvalue weighted by molar-refractivity contribution is 9.10. The SMILES string of the molecule is CCOc1ccc(C(=O)NC(=S)NNC(=O)c2ccccc2[N+](=O)[O-])cc1Br. The Morgan fingerprint density at radius 3 is 2.54 bits per heavy atom. The summed E-state index contributed by atoms with van der Waals surface area (Å²) in [6.45, 7) is 2.33. The van der Waals surface area contributed by atoms with E-state index in [0.29, 0.717) is 22.4 Å². The van der Waals surface area contributed by atoms with Crippen molar-refractivity contribution in [2.75, 3.05) is 6.61 Å². The fourth-order valence-corrected chi connectivity index (χ4v) is 2.76. The average Bonchev–Trinajstić information content (AvgIpc) is 2.67. The van der Waals surface area contributed by atoms with Crippen LogP contribution in [0.5, 0.6) is 5.75 Å². The molecular weight excluding hydrogens is 452 g/mol. The van der Waals surface area contributed by atoms with Gasteiger partial charge in [-0.15, -0.1) is 0 Å². The largest absolute Gasteiger partial charge is 0.493 e. The number of hydrogen-bond acceptors (Lipinski definition) is 6. The summed E-state index contributed by atoms with van der Waals surface area (Å²) in [4.78, 5) is 34.6. The van der Waals surface area contributed by atoms with E-state index in [9.17, 15) is 19.7 Å². The molecule has 0 saturated heterocycles. The van der Waals surface area contributed by atoms with Gasteiger partial charge >= 0.3 is 0 Å². The van der Waals surface area contributed by atoms with Gasteiger partial charge < -0.3 is 4.74 Å². The third-order valence-corrected chi connectivity index (χ3v) is 4.18. The number of nitro benzene ring substituents is 1. The van der Waals surface area contributed by atoms with Gasteiger partial charge in [0, 0.05) is 11.6 Å². The van der Waals surface area contributed by atoms with Gasteiger partial charge in [-0.1, -0.05) is 12.1 Å². The maximum atomic E-state index is 12.2. The lowest BCUT2D eigenvalue weighted by Gasteiger charge is -2.12. The lowest BCUT2D eigenvalue weighted by atomic mass is 10.2. The van der Waals surface area contributed by atoms with E-state index in [1.54, 1.807) is 18.2 Å². The van der Waals surface area contributed by atoms with Crippen molar-refractivity contribution >= 4 is 50.8 Å². The van der Waals surface area contributed by atoms with Crippen LogP contribution in [-0.2, 0) is 0 Å². The Kier molecular flexibility index (Phi) is 7.41. The first-order valence-electron chi connectivity index (χ1n) is 7.91. The molecule has 2 aromatic rings. The number of ether oxygens (including phenoxy) is 1. The number of hydrogen-bond donors (Lipinski definition) is 3. The number of nitrogens with one attached hydrogen (secondary N) is 3. The lowest BCUT2D eigenvalue weighted by molar-refractivity contribution is -0.385. The normalized spacial score (nSPS) is 9.93. The van der Waals surface area contributed by atoms with Gasteiger partial charge in [-0.25, -0.2) is 0 Å². The lowest BCUT2D eigenvalue weighted by Crippen LogP contribution is -2.48. The second-order valence-corrected chi connectivity index (χ2v) is 6.48. The molecule has 2 aromatic carbocycles. The number of nitro groups is 1. The molecule has 0 spiro atoms. The zero-order valence-electron chi connectivity index (χ0n) is 14.5. The number of para-hydroxylation sites is 1. The Morgan fingerprint density at radius 2 is 1.89 bits per heavy atom. The number of nitrogens with zero attached hydrogens (tertiary/aromatic N) is 1. The molecule has 0 bridgehead atoms. The van der Waals surface area contributed by atoms with E-state index >= 15 is 0 Å². The summed E-state index contributed by atoms with van der Waals surface area (Å²) >= 11 is 8.27. The predicted octanol–water partition coefficient (Wildman–Crippen LogP) is 2.71. The number of hydrazine groups is 1. The highest BCUT2D eigenvalue weighted by Crippen LogP contribution is 2.26.